The predicted octanol–water partition coefficient (Wildman–Crippen LogP) is 3.13. The average Bonchev–Trinajstić information content (AvgIpc) is 2.84. The molecule has 0 aliphatic carbocycles. The first-order valence-corrected chi connectivity index (χ1v) is 6.11. The van der Waals surface area contributed by atoms with E-state index in [0.717, 1.165) is 5.56 Å². The first-order valence-electron chi connectivity index (χ1n) is 6.11. The molecule has 0 saturated heterocycles. The standard InChI is InChI=1S/C15H17NO3/c1-10-4-9-14(19-10)15(18)16(3)11(2)12-5-7-13(17)8-6-12/h4-9,11,17H,1-3H3. The van der Waals surface area contributed by atoms with Crippen LogP contribution in [0.3, 0.4) is 0 Å². The molecule has 1 amide bonds. The van der Waals surface area contributed by atoms with E-state index in [1.165, 1.54) is 0 Å². The summed E-state index contributed by atoms with van der Waals surface area (Å²) in [4.78, 5) is 13.8. The molecule has 0 spiro atoms. The van der Waals surface area contributed by atoms with Crippen molar-refractivity contribution < 1.29 is 14.3 Å². The Hall–Kier alpha value is -2.23. The van der Waals surface area contributed by atoms with Crippen LogP contribution in [0.25, 0.3) is 0 Å². The summed E-state index contributed by atoms with van der Waals surface area (Å²) in [5, 5.41) is 9.27. The number of amides is 1. The number of aryl methyl sites for hydroxylation is 1. The van der Waals surface area contributed by atoms with Gasteiger partial charge in [0.05, 0.1) is 6.04 Å². The number of benzene rings is 1. The third-order valence-corrected chi connectivity index (χ3v) is 3.23. The van der Waals surface area contributed by atoms with Crippen LogP contribution in [0.2, 0.25) is 0 Å². The second-order valence-corrected chi connectivity index (χ2v) is 4.59. The molecule has 100 valence electrons. The summed E-state index contributed by atoms with van der Waals surface area (Å²) < 4.78 is 5.34. The highest BCUT2D eigenvalue weighted by Gasteiger charge is 2.21. The van der Waals surface area contributed by atoms with E-state index in [9.17, 15) is 9.90 Å². The maximum atomic E-state index is 12.2. The first-order chi connectivity index (χ1) is 8.99. The Morgan fingerprint density at radius 1 is 1.21 bits per heavy atom. The number of aromatic hydroxyl groups is 1. The van der Waals surface area contributed by atoms with Gasteiger partial charge in [-0.1, -0.05) is 12.1 Å². The number of hydrogen-bond donors (Lipinski definition) is 1. The topological polar surface area (TPSA) is 53.7 Å². The van der Waals surface area contributed by atoms with Crippen molar-refractivity contribution in [2.75, 3.05) is 7.05 Å². The van der Waals surface area contributed by atoms with E-state index in [1.54, 1.807) is 55.3 Å². The molecule has 1 atom stereocenters. The van der Waals surface area contributed by atoms with Gasteiger partial charge in [-0.2, -0.15) is 0 Å². The number of nitrogens with zero attached hydrogens (tertiary/aromatic N) is 1. The van der Waals surface area contributed by atoms with Gasteiger partial charge in [-0.05, 0) is 43.7 Å². The van der Waals surface area contributed by atoms with Crippen LogP contribution in [-0.2, 0) is 0 Å². The largest absolute Gasteiger partial charge is 0.508 e. The van der Waals surface area contributed by atoms with Gasteiger partial charge in [-0.15, -0.1) is 0 Å². The number of furan rings is 1. The summed E-state index contributed by atoms with van der Waals surface area (Å²) in [6.45, 7) is 3.74. The Labute approximate surface area is 112 Å². The van der Waals surface area contributed by atoms with Crippen molar-refractivity contribution >= 4 is 5.91 Å². The molecular weight excluding hydrogens is 242 g/mol. The van der Waals surface area contributed by atoms with Crippen molar-refractivity contribution in [3.8, 4) is 5.75 Å². The highest BCUT2D eigenvalue weighted by Crippen LogP contribution is 2.23. The average molecular weight is 259 g/mol. The van der Waals surface area contributed by atoms with Gasteiger partial charge in [-0.3, -0.25) is 4.79 Å². The number of hydrogen-bond acceptors (Lipinski definition) is 3. The van der Waals surface area contributed by atoms with E-state index in [1.807, 2.05) is 6.92 Å². The number of rotatable bonds is 3. The summed E-state index contributed by atoms with van der Waals surface area (Å²) in [7, 11) is 1.73. The fourth-order valence-corrected chi connectivity index (χ4v) is 1.88. The molecule has 1 unspecified atom stereocenters. The Morgan fingerprint density at radius 3 is 2.37 bits per heavy atom. The van der Waals surface area contributed by atoms with Crippen LogP contribution in [0.5, 0.6) is 5.75 Å². The van der Waals surface area contributed by atoms with Gasteiger partial charge in [0, 0.05) is 7.05 Å². The number of phenols is 1. The Morgan fingerprint density at radius 2 is 1.84 bits per heavy atom. The summed E-state index contributed by atoms with van der Waals surface area (Å²) >= 11 is 0. The molecule has 0 aliphatic heterocycles. The second-order valence-electron chi connectivity index (χ2n) is 4.59. The molecule has 2 aromatic rings. The lowest BCUT2D eigenvalue weighted by atomic mass is 10.1. The fraction of sp³-hybridized carbons (Fsp3) is 0.267. The van der Waals surface area contributed by atoms with E-state index < -0.39 is 0 Å². The van der Waals surface area contributed by atoms with Gasteiger partial charge in [0.1, 0.15) is 11.5 Å². The van der Waals surface area contributed by atoms with Crippen LogP contribution in [0.15, 0.2) is 40.8 Å². The zero-order valence-corrected chi connectivity index (χ0v) is 11.3. The molecule has 0 radical (unpaired) electrons. The summed E-state index contributed by atoms with van der Waals surface area (Å²) in [6.07, 6.45) is 0. The lowest BCUT2D eigenvalue weighted by molar-refractivity contribution is 0.0709. The Bertz CT molecular complexity index is 571. The van der Waals surface area contributed by atoms with E-state index in [-0.39, 0.29) is 17.7 Å². The molecule has 2 rings (SSSR count). The Kier molecular flexibility index (Phi) is 3.60. The van der Waals surface area contributed by atoms with Crippen molar-refractivity contribution in [2.45, 2.75) is 19.9 Å². The van der Waals surface area contributed by atoms with Crippen LogP contribution < -0.4 is 0 Å². The predicted molar refractivity (Wildman–Crippen MR) is 72.1 cm³/mol. The van der Waals surface area contributed by atoms with Gasteiger partial charge in [-0.25, -0.2) is 0 Å². The third-order valence-electron chi connectivity index (χ3n) is 3.23. The van der Waals surface area contributed by atoms with Crippen LogP contribution in [0, 0.1) is 6.92 Å². The molecule has 0 fully saturated rings. The minimum atomic E-state index is -0.159. The summed E-state index contributed by atoms with van der Waals surface area (Å²) in [5.74, 6) is 1.11. The zero-order chi connectivity index (χ0) is 14.0. The number of phenolic OH excluding ortho intramolecular Hbond substituents is 1. The molecule has 0 aliphatic rings. The first kappa shape index (κ1) is 13.2. The van der Waals surface area contributed by atoms with E-state index in [2.05, 4.69) is 0 Å². The normalized spacial score (nSPS) is 12.2. The van der Waals surface area contributed by atoms with E-state index >= 15 is 0 Å². The molecule has 1 aromatic carbocycles. The molecule has 0 saturated carbocycles. The van der Waals surface area contributed by atoms with Crippen molar-refractivity contribution in [3.05, 3.63) is 53.5 Å². The third kappa shape index (κ3) is 2.78. The van der Waals surface area contributed by atoms with E-state index in [0.29, 0.717) is 11.5 Å². The minimum Gasteiger partial charge on any atom is -0.508 e. The minimum absolute atomic E-state index is 0.0986. The maximum Gasteiger partial charge on any atom is 0.289 e. The summed E-state index contributed by atoms with van der Waals surface area (Å²) in [5.41, 5.74) is 0.955. The molecule has 4 nitrogen and oxygen atoms in total. The van der Waals surface area contributed by atoms with Gasteiger partial charge < -0.3 is 14.4 Å². The SMILES string of the molecule is Cc1ccc(C(=O)N(C)C(C)c2ccc(O)cc2)o1. The molecule has 0 bridgehead atoms. The van der Waals surface area contributed by atoms with Crippen LogP contribution in [-0.4, -0.2) is 23.0 Å². The van der Waals surface area contributed by atoms with Crippen molar-refractivity contribution in [1.82, 2.24) is 4.90 Å². The second kappa shape index (κ2) is 5.18. The smallest absolute Gasteiger partial charge is 0.289 e. The van der Waals surface area contributed by atoms with Crippen molar-refractivity contribution in [2.24, 2.45) is 0 Å². The highest BCUT2D eigenvalue weighted by atomic mass is 16.3. The van der Waals surface area contributed by atoms with Gasteiger partial charge in [0.15, 0.2) is 5.76 Å². The van der Waals surface area contributed by atoms with Crippen molar-refractivity contribution in [3.63, 3.8) is 0 Å². The molecule has 4 heteroatoms. The van der Waals surface area contributed by atoms with Crippen LogP contribution >= 0.6 is 0 Å². The van der Waals surface area contributed by atoms with Crippen molar-refractivity contribution in [1.29, 1.82) is 0 Å². The quantitative estimate of drug-likeness (QED) is 0.921. The van der Waals surface area contributed by atoms with Gasteiger partial charge in [0.2, 0.25) is 0 Å². The monoisotopic (exact) mass is 259 g/mol. The molecule has 19 heavy (non-hydrogen) atoms. The van der Waals surface area contributed by atoms with Crippen LogP contribution in [0.4, 0.5) is 0 Å². The lowest BCUT2D eigenvalue weighted by Gasteiger charge is -2.24. The zero-order valence-electron chi connectivity index (χ0n) is 11.3. The lowest BCUT2D eigenvalue weighted by Crippen LogP contribution is -2.29. The molecule has 1 heterocycles. The van der Waals surface area contributed by atoms with Gasteiger partial charge in [0.25, 0.3) is 5.91 Å². The Balaban J connectivity index is 2.16. The summed E-state index contributed by atoms with van der Waals surface area (Å²) in [6, 6.07) is 10.2. The number of carbonyl (C=O) groups is 1. The fourth-order valence-electron chi connectivity index (χ4n) is 1.88. The maximum absolute atomic E-state index is 12.2. The molecular formula is C15H17NO3. The van der Waals surface area contributed by atoms with E-state index in [4.69, 9.17) is 4.42 Å². The molecule has 1 aromatic heterocycles. The number of carbonyl (C=O) groups excluding carboxylic acids is 1. The molecule has 1 N–H and O–H groups in total. The van der Waals surface area contributed by atoms with Gasteiger partial charge >= 0.3 is 0 Å². The van der Waals surface area contributed by atoms with Crippen LogP contribution in [0.1, 0.15) is 34.8 Å². The highest BCUT2D eigenvalue weighted by molar-refractivity contribution is 5.91.